The lowest BCUT2D eigenvalue weighted by atomic mass is 10.1. The summed E-state index contributed by atoms with van der Waals surface area (Å²) in [6.07, 6.45) is 6.60. The van der Waals surface area contributed by atoms with Crippen LogP contribution in [0.1, 0.15) is 29.3 Å². The number of morpholine rings is 1. The molecule has 12 heteroatoms. The first-order chi connectivity index (χ1) is 19.6. The van der Waals surface area contributed by atoms with E-state index >= 15 is 0 Å². The van der Waals surface area contributed by atoms with Gasteiger partial charge < -0.3 is 18.9 Å². The molecule has 1 saturated heterocycles. The minimum Gasteiger partial charge on any atom is -0.491 e. The second kappa shape index (κ2) is 10.8. The lowest BCUT2D eigenvalue weighted by Crippen LogP contribution is -2.47. The molecule has 0 aliphatic carbocycles. The van der Waals surface area contributed by atoms with Crippen molar-refractivity contribution in [2.75, 3.05) is 40.0 Å². The summed E-state index contributed by atoms with van der Waals surface area (Å²) in [5.74, 6) is 2.22. The molecule has 1 aromatic heterocycles. The van der Waals surface area contributed by atoms with Gasteiger partial charge >= 0.3 is 6.09 Å². The molecule has 1 N–H and O–H groups in total. The number of carbonyl (C=O) groups excluding carboxylic acids is 2. The lowest BCUT2D eigenvalue weighted by molar-refractivity contribution is -0.0116. The van der Waals surface area contributed by atoms with Crippen molar-refractivity contribution < 1.29 is 28.5 Å². The Kier molecular flexibility index (Phi) is 6.91. The van der Waals surface area contributed by atoms with Crippen LogP contribution in [-0.4, -0.2) is 84.6 Å². The summed E-state index contributed by atoms with van der Waals surface area (Å²) >= 11 is 0. The molecule has 12 nitrogen and oxygen atoms in total. The number of ether oxygens (including phenoxy) is 4. The molecule has 6 rings (SSSR count). The van der Waals surface area contributed by atoms with Crippen LogP contribution >= 0.6 is 0 Å². The molecule has 0 spiro atoms. The number of aliphatic imine (C=N–C) groups is 2. The molecule has 1 fully saturated rings. The summed E-state index contributed by atoms with van der Waals surface area (Å²) in [6.45, 7) is 4.02. The normalized spacial score (nSPS) is 20.4. The third-order valence-corrected chi connectivity index (χ3v) is 6.92. The number of nitrogens with zero attached hydrogens (tertiary/aromatic N) is 5. The summed E-state index contributed by atoms with van der Waals surface area (Å²) in [7, 11) is 1.55. The molecule has 1 atom stereocenters. The second-order valence-electron chi connectivity index (χ2n) is 9.36. The molecule has 206 valence electrons. The second-order valence-corrected chi connectivity index (χ2v) is 9.36. The summed E-state index contributed by atoms with van der Waals surface area (Å²) in [6, 6.07) is 7.11. The quantitative estimate of drug-likeness (QED) is 0.588. The van der Waals surface area contributed by atoms with Crippen LogP contribution < -0.4 is 14.8 Å². The van der Waals surface area contributed by atoms with E-state index in [0.717, 1.165) is 11.3 Å². The van der Waals surface area contributed by atoms with Crippen molar-refractivity contribution >= 4 is 29.5 Å². The van der Waals surface area contributed by atoms with Gasteiger partial charge in [0.2, 0.25) is 5.96 Å². The Morgan fingerprint density at radius 2 is 2.17 bits per heavy atom. The molecule has 2 amide bonds. The van der Waals surface area contributed by atoms with E-state index in [2.05, 4.69) is 15.3 Å². The van der Waals surface area contributed by atoms with Crippen LogP contribution in [0.4, 0.5) is 10.5 Å². The molecule has 0 bridgehead atoms. The van der Waals surface area contributed by atoms with Crippen LogP contribution in [0.3, 0.4) is 0 Å². The number of benzene rings is 1. The van der Waals surface area contributed by atoms with Crippen LogP contribution in [0.15, 0.2) is 70.3 Å². The standard InChI is InChI=1S/C28H28N6O6/c1-3-19-13-18-16-39-20(15-34(18)28(36)40-19)8-12-38-22-7-6-21-23(24(22)37-2)31-27(33-11-10-30-25(21)33)32-26(35)17-5-4-9-29-14-17/h3-7,9,13-14,20H,8,10-12,15-16H2,1-2H3,(H,31,32,35)/b19-3+. The van der Waals surface area contributed by atoms with E-state index in [9.17, 15) is 9.59 Å². The number of cyclic esters (lactones) is 1. The molecule has 2 aromatic rings. The number of pyridine rings is 1. The van der Waals surface area contributed by atoms with Gasteiger partial charge in [-0.1, -0.05) is 0 Å². The Morgan fingerprint density at radius 1 is 1.27 bits per heavy atom. The minimum absolute atomic E-state index is 0.214. The largest absolute Gasteiger partial charge is 0.491 e. The van der Waals surface area contributed by atoms with Crippen molar-refractivity contribution in [3.63, 3.8) is 0 Å². The number of amides is 2. The fourth-order valence-corrected chi connectivity index (χ4v) is 4.90. The van der Waals surface area contributed by atoms with Gasteiger partial charge in [-0.05, 0) is 37.3 Å². The van der Waals surface area contributed by atoms with Gasteiger partial charge in [-0.25, -0.2) is 9.79 Å². The van der Waals surface area contributed by atoms with Crippen LogP contribution in [0.5, 0.6) is 11.5 Å². The first-order valence-corrected chi connectivity index (χ1v) is 13.0. The first-order valence-electron chi connectivity index (χ1n) is 13.0. The average molecular weight is 545 g/mol. The molecule has 0 saturated carbocycles. The number of hydrogen-bond donors (Lipinski definition) is 1. The molecule has 1 unspecified atom stereocenters. The average Bonchev–Trinajstić information content (AvgIpc) is 3.48. The van der Waals surface area contributed by atoms with E-state index in [0.29, 0.717) is 79.6 Å². The Hall–Kier alpha value is -4.71. The SMILES string of the molecule is C/C=C1\C=C2COC(CCOc3ccc4c(c3OC)N=C(NC(=O)c3cccnc3)N3CCN=C43)CN2C(=O)O1. The Bertz CT molecular complexity index is 1470. The zero-order valence-electron chi connectivity index (χ0n) is 22.1. The van der Waals surface area contributed by atoms with Crippen LogP contribution in [0.25, 0.3) is 0 Å². The highest BCUT2D eigenvalue weighted by Crippen LogP contribution is 2.43. The minimum atomic E-state index is -0.399. The molecular formula is C28H28N6O6. The zero-order valence-corrected chi connectivity index (χ0v) is 22.1. The van der Waals surface area contributed by atoms with Gasteiger partial charge in [-0.3, -0.25) is 29.9 Å². The maximum Gasteiger partial charge on any atom is 0.419 e. The van der Waals surface area contributed by atoms with E-state index < -0.39 is 6.09 Å². The first kappa shape index (κ1) is 25.6. The van der Waals surface area contributed by atoms with Crippen molar-refractivity contribution in [1.82, 2.24) is 20.1 Å². The third kappa shape index (κ3) is 4.77. The number of fused-ring (bicyclic) bond motifs is 4. The molecule has 5 heterocycles. The Morgan fingerprint density at radius 3 is 2.98 bits per heavy atom. The van der Waals surface area contributed by atoms with Gasteiger partial charge in [-0.15, -0.1) is 0 Å². The summed E-state index contributed by atoms with van der Waals surface area (Å²) < 4.78 is 23.1. The molecule has 1 aromatic carbocycles. The van der Waals surface area contributed by atoms with Crippen LogP contribution in [0, 0.1) is 0 Å². The number of allylic oxidation sites excluding steroid dienone is 2. The van der Waals surface area contributed by atoms with E-state index in [-0.39, 0.29) is 12.0 Å². The number of rotatable bonds is 6. The van der Waals surface area contributed by atoms with Crippen molar-refractivity contribution in [2.24, 2.45) is 9.98 Å². The fourth-order valence-electron chi connectivity index (χ4n) is 4.90. The van der Waals surface area contributed by atoms with Crippen molar-refractivity contribution in [1.29, 1.82) is 0 Å². The third-order valence-electron chi connectivity index (χ3n) is 6.92. The van der Waals surface area contributed by atoms with Crippen molar-refractivity contribution in [3.05, 3.63) is 71.4 Å². The predicted molar refractivity (Wildman–Crippen MR) is 145 cm³/mol. The highest BCUT2D eigenvalue weighted by molar-refractivity contribution is 6.20. The Balaban J connectivity index is 1.18. The molecule has 40 heavy (non-hydrogen) atoms. The molecule has 0 radical (unpaired) electrons. The van der Waals surface area contributed by atoms with E-state index in [4.69, 9.17) is 23.9 Å². The highest BCUT2D eigenvalue weighted by atomic mass is 16.6. The van der Waals surface area contributed by atoms with E-state index in [1.807, 2.05) is 30.0 Å². The maximum atomic E-state index is 12.9. The van der Waals surface area contributed by atoms with E-state index in [1.54, 1.807) is 36.4 Å². The van der Waals surface area contributed by atoms with Crippen LogP contribution in [-0.2, 0) is 9.47 Å². The van der Waals surface area contributed by atoms with Gasteiger partial charge in [0, 0.05) is 37.0 Å². The fraction of sp³-hybridized carbons (Fsp3) is 0.321. The predicted octanol–water partition coefficient (Wildman–Crippen LogP) is 2.99. The van der Waals surface area contributed by atoms with Gasteiger partial charge in [0.1, 0.15) is 17.3 Å². The molecule has 4 aliphatic rings. The number of guanidine groups is 1. The number of carbonyl (C=O) groups is 2. The number of aromatic nitrogens is 1. The zero-order chi connectivity index (χ0) is 27.6. The summed E-state index contributed by atoms with van der Waals surface area (Å²) in [5, 5.41) is 2.89. The monoisotopic (exact) mass is 544 g/mol. The smallest absolute Gasteiger partial charge is 0.419 e. The van der Waals surface area contributed by atoms with Gasteiger partial charge in [0.25, 0.3) is 5.91 Å². The maximum absolute atomic E-state index is 12.9. The topological polar surface area (TPSA) is 127 Å². The number of hydrogen-bond acceptors (Lipinski definition) is 10. The van der Waals surface area contributed by atoms with Crippen molar-refractivity contribution in [3.8, 4) is 11.5 Å². The number of methoxy groups -OCH3 is 1. The van der Waals surface area contributed by atoms with Gasteiger partial charge in [-0.2, -0.15) is 0 Å². The lowest BCUT2D eigenvalue weighted by Gasteiger charge is -2.36. The van der Waals surface area contributed by atoms with Gasteiger partial charge in [0.15, 0.2) is 11.5 Å². The number of amidine groups is 1. The molecular weight excluding hydrogens is 516 g/mol. The highest BCUT2D eigenvalue weighted by Gasteiger charge is 2.35. The van der Waals surface area contributed by atoms with Crippen LogP contribution in [0.2, 0.25) is 0 Å². The van der Waals surface area contributed by atoms with E-state index in [1.165, 1.54) is 6.20 Å². The van der Waals surface area contributed by atoms with Gasteiger partial charge in [0.05, 0.1) is 50.8 Å². The molecule has 4 aliphatic heterocycles. The van der Waals surface area contributed by atoms with Crippen molar-refractivity contribution in [2.45, 2.75) is 19.4 Å². The summed E-state index contributed by atoms with van der Waals surface area (Å²) in [5.41, 5.74) is 2.52. The summed E-state index contributed by atoms with van der Waals surface area (Å²) in [4.78, 5) is 42.1. The Labute approximate surface area is 230 Å². The number of nitrogens with one attached hydrogen (secondary N) is 1.